The summed E-state index contributed by atoms with van der Waals surface area (Å²) in [4.78, 5) is 41.8. The third-order valence-corrected chi connectivity index (χ3v) is 4.72. The molecule has 0 aliphatic rings. The van der Waals surface area contributed by atoms with Crippen LogP contribution in [0.5, 0.6) is 5.75 Å². The molecule has 0 spiro atoms. The first kappa shape index (κ1) is 19.3. The summed E-state index contributed by atoms with van der Waals surface area (Å²) in [6.07, 6.45) is 2.31. The second-order valence-electron chi connectivity index (χ2n) is 6.49. The van der Waals surface area contributed by atoms with Crippen LogP contribution in [-0.4, -0.2) is 27.1 Å². The normalized spacial score (nSPS) is 10.9. The number of nitrogens with zero attached hydrogens (tertiary/aromatic N) is 3. The van der Waals surface area contributed by atoms with Crippen molar-refractivity contribution in [2.24, 2.45) is 14.1 Å². The van der Waals surface area contributed by atoms with Gasteiger partial charge in [0.05, 0.1) is 19.2 Å². The molecule has 28 heavy (non-hydrogen) atoms. The lowest BCUT2D eigenvalue weighted by Gasteiger charge is -2.15. The number of ether oxygens (including phenoxy) is 1. The summed E-state index contributed by atoms with van der Waals surface area (Å²) in [5.41, 5.74) is 1.24. The topological polar surface area (TPSA) is 95.2 Å². The Labute approximate surface area is 161 Å². The van der Waals surface area contributed by atoms with Gasteiger partial charge in [0.15, 0.2) is 5.65 Å². The predicted octanol–water partition coefficient (Wildman–Crippen LogP) is 1.38. The van der Waals surface area contributed by atoms with E-state index < -0.39 is 11.2 Å². The minimum Gasteiger partial charge on any atom is -0.497 e. The number of carbonyl (C=O) groups is 1. The molecule has 0 saturated carbocycles. The molecule has 1 aromatic carbocycles. The highest BCUT2D eigenvalue weighted by Crippen LogP contribution is 2.23. The van der Waals surface area contributed by atoms with Gasteiger partial charge in [0, 0.05) is 20.3 Å². The molecule has 0 fully saturated rings. The van der Waals surface area contributed by atoms with Crippen molar-refractivity contribution in [3.63, 3.8) is 0 Å². The second kappa shape index (κ2) is 7.67. The summed E-state index contributed by atoms with van der Waals surface area (Å²) in [5.74, 6) is 0.449. The van der Waals surface area contributed by atoms with E-state index in [4.69, 9.17) is 4.74 Å². The van der Waals surface area contributed by atoms with Gasteiger partial charge in [0.2, 0.25) is 5.91 Å². The first-order chi connectivity index (χ1) is 13.4. The van der Waals surface area contributed by atoms with Crippen LogP contribution in [0.1, 0.15) is 18.1 Å². The van der Waals surface area contributed by atoms with Crippen LogP contribution in [0, 0.1) is 0 Å². The Hall–Kier alpha value is -3.42. The number of hydrogen-bond donors (Lipinski definition) is 1. The SMILES string of the molecule is CCc1cnc2c(c1NC(=O)Cc1ccc(OC)cc1)c(=O)n(C)c(=O)n2C. The van der Waals surface area contributed by atoms with E-state index in [1.807, 2.05) is 19.1 Å². The van der Waals surface area contributed by atoms with Gasteiger partial charge in [-0.2, -0.15) is 0 Å². The number of aromatic nitrogens is 3. The molecular weight excluding hydrogens is 360 g/mol. The Morgan fingerprint density at radius 3 is 2.43 bits per heavy atom. The number of benzene rings is 1. The van der Waals surface area contributed by atoms with Crippen LogP contribution in [0.2, 0.25) is 0 Å². The van der Waals surface area contributed by atoms with Gasteiger partial charge in [0.25, 0.3) is 5.56 Å². The minimum absolute atomic E-state index is 0.142. The molecule has 3 rings (SSSR count). The fraction of sp³-hybridized carbons (Fsp3) is 0.300. The lowest BCUT2D eigenvalue weighted by Crippen LogP contribution is -2.38. The molecule has 0 unspecified atom stereocenters. The molecular formula is C20H22N4O4. The fourth-order valence-corrected chi connectivity index (χ4v) is 3.09. The molecule has 0 bridgehead atoms. The van der Waals surface area contributed by atoms with Crippen molar-refractivity contribution in [2.45, 2.75) is 19.8 Å². The molecule has 0 atom stereocenters. The van der Waals surface area contributed by atoms with Crippen LogP contribution < -0.4 is 21.3 Å². The Bertz CT molecular complexity index is 1160. The minimum atomic E-state index is -0.486. The van der Waals surface area contributed by atoms with Gasteiger partial charge < -0.3 is 10.1 Å². The van der Waals surface area contributed by atoms with Crippen LogP contribution in [-0.2, 0) is 31.7 Å². The van der Waals surface area contributed by atoms with E-state index in [9.17, 15) is 14.4 Å². The van der Waals surface area contributed by atoms with Crippen molar-refractivity contribution in [3.8, 4) is 5.75 Å². The maximum absolute atomic E-state index is 12.7. The largest absolute Gasteiger partial charge is 0.497 e. The molecule has 2 aromatic heterocycles. The smallest absolute Gasteiger partial charge is 0.332 e. The third kappa shape index (κ3) is 3.40. The van der Waals surface area contributed by atoms with E-state index >= 15 is 0 Å². The number of pyridine rings is 1. The molecule has 146 valence electrons. The predicted molar refractivity (Wildman–Crippen MR) is 107 cm³/mol. The maximum atomic E-state index is 12.7. The first-order valence-electron chi connectivity index (χ1n) is 8.87. The zero-order valence-electron chi connectivity index (χ0n) is 16.3. The number of rotatable bonds is 5. The maximum Gasteiger partial charge on any atom is 0.332 e. The quantitative estimate of drug-likeness (QED) is 0.719. The van der Waals surface area contributed by atoms with Crippen molar-refractivity contribution in [1.29, 1.82) is 0 Å². The summed E-state index contributed by atoms with van der Waals surface area (Å²) >= 11 is 0. The highest BCUT2D eigenvalue weighted by molar-refractivity contribution is 6.01. The lowest BCUT2D eigenvalue weighted by molar-refractivity contribution is -0.115. The summed E-state index contributed by atoms with van der Waals surface area (Å²) in [7, 11) is 4.54. The molecule has 8 heteroatoms. The highest BCUT2D eigenvalue weighted by Gasteiger charge is 2.18. The van der Waals surface area contributed by atoms with Gasteiger partial charge in [-0.1, -0.05) is 19.1 Å². The number of hydrogen-bond acceptors (Lipinski definition) is 5. The first-order valence-corrected chi connectivity index (χ1v) is 8.87. The standard InChI is InChI=1S/C20H22N4O4/c1-5-13-11-21-18-16(19(26)24(3)20(27)23(18)2)17(13)22-15(25)10-12-6-8-14(28-4)9-7-12/h6-9,11H,5,10H2,1-4H3,(H,21,22,25). The number of anilines is 1. The zero-order chi connectivity index (χ0) is 20.4. The van der Waals surface area contributed by atoms with Gasteiger partial charge in [-0.3, -0.25) is 18.7 Å². The monoisotopic (exact) mass is 382 g/mol. The van der Waals surface area contributed by atoms with E-state index in [2.05, 4.69) is 10.3 Å². The number of methoxy groups -OCH3 is 1. The number of amides is 1. The fourth-order valence-electron chi connectivity index (χ4n) is 3.09. The van der Waals surface area contributed by atoms with Crippen LogP contribution in [0.25, 0.3) is 11.0 Å². The Balaban J connectivity index is 2.04. The van der Waals surface area contributed by atoms with Crippen molar-refractivity contribution in [2.75, 3.05) is 12.4 Å². The third-order valence-electron chi connectivity index (χ3n) is 4.72. The zero-order valence-corrected chi connectivity index (χ0v) is 16.3. The Morgan fingerprint density at radius 1 is 1.14 bits per heavy atom. The number of aryl methyl sites for hydroxylation is 2. The van der Waals surface area contributed by atoms with Gasteiger partial charge in [-0.15, -0.1) is 0 Å². The van der Waals surface area contributed by atoms with Gasteiger partial charge in [-0.25, -0.2) is 9.78 Å². The van der Waals surface area contributed by atoms with E-state index in [0.29, 0.717) is 17.9 Å². The highest BCUT2D eigenvalue weighted by atomic mass is 16.5. The summed E-state index contributed by atoms with van der Waals surface area (Å²) < 4.78 is 7.44. The number of nitrogens with one attached hydrogen (secondary N) is 1. The average Bonchev–Trinajstić information content (AvgIpc) is 2.70. The van der Waals surface area contributed by atoms with Gasteiger partial charge in [-0.05, 0) is 29.7 Å². The second-order valence-corrected chi connectivity index (χ2v) is 6.49. The molecule has 0 aliphatic carbocycles. The molecule has 0 radical (unpaired) electrons. The van der Waals surface area contributed by atoms with E-state index in [0.717, 1.165) is 15.7 Å². The molecule has 1 amide bonds. The van der Waals surface area contributed by atoms with Gasteiger partial charge in [0.1, 0.15) is 11.1 Å². The van der Waals surface area contributed by atoms with Crippen LogP contribution in [0.15, 0.2) is 40.1 Å². The van der Waals surface area contributed by atoms with Crippen molar-refractivity contribution in [3.05, 3.63) is 62.4 Å². The van der Waals surface area contributed by atoms with Crippen molar-refractivity contribution in [1.82, 2.24) is 14.1 Å². The van der Waals surface area contributed by atoms with E-state index in [-0.39, 0.29) is 23.4 Å². The van der Waals surface area contributed by atoms with Crippen LogP contribution in [0.4, 0.5) is 5.69 Å². The van der Waals surface area contributed by atoms with Crippen LogP contribution in [0.3, 0.4) is 0 Å². The summed E-state index contributed by atoms with van der Waals surface area (Å²) in [5, 5.41) is 3.09. The Morgan fingerprint density at radius 2 is 1.82 bits per heavy atom. The van der Waals surface area contributed by atoms with E-state index in [1.54, 1.807) is 32.5 Å². The molecule has 3 aromatic rings. The molecule has 0 aliphatic heterocycles. The van der Waals surface area contributed by atoms with Gasteiger partial charge >= 0.3 is 5.69 Å². The van der Waals surface area contributed by atoms with Crippen molar-refractivity contribution >= 4 is 22.6 Å². The summed E-state index contributed by atoms with van der Waals surface area (Å²) in [6, 6.07) is 7.19. The van der Waals surface area contributed by atoms with Crippen molar-refractivity contribution < 1.29 is 9.53 Å². The molecule has 2 heterocycles. The Kier molecular flexibility index (Phi) is 5.30. The molecule has 0 saturated heterocycles. The number of fused-ring (bicyclic) bond motifs is 1. The average molecular weight is 382 g/mol. The van der Waals surface area contributed by atoms with Crippen LogP contribution >= 0.6 is 0 Å². The molecule has 8 nitrogen and oxygen atoms in total. The van der Waals surface area contributed by atoms with E-state index in [1.165, 1.54) is 11.6 Å². The number of carbonyl (C=O) groups excluding carboxylic acids is 1. The lowest BCUT2D eigenvalue weighted by atomic mass is 10.1. The molecule has 1 N–H and O–H groups in total. The summed E-state index contributed by atoms with van der Waals surface area (Å²) in [6.45, 7) is 1.91.